The number of nitrogens with zero attached hydrogens (tertiary/aromatic N) is 1. The molecule has 1 aliphatic rings. The van der Waals surface area contributed by atoms with E-state index in [1.165, 1.54) is 12.0 Å². The lowest BCUT2D eigenvalue weighted by atomic mass is 10.0. The van der Waals surface area contributed by atoms with Gasteiger partial charge in [0, 0.05) is 4.47 Å². The number of fused-ring (bicyclic) bond motifs is 1. The molecule has 38 heavy (non-hydrogen) atoms. The zero-order valence-corrected chi connectivity index (χ0v) is 23.9. The molecule has 0 N–H and O–H groups in total. The summed E-state index contributed by atoms with van der Waals surface area (Å²) in [6, 6.07) is 23.8. The van der Waals surface area contributed by atoms with Crippen molar-refractivity contribution in [3.8, 4) is 11.5 Å². The van der Waals surface area contributed by atoms with Crippen LogP contribution < -0.4 is 9.47 Å². The van der Waals surface area contributed by atoms with Crippen molar-refractivity contribution in [1.82, 2.24) is 4.90 Å². The number of methoxy groups -OCH3 is 1. The van der Waals surface area contributed by atoms with Gasteiger partial charge >= 0.3 is 5.97 Å². The normalized spacial score (nSPS) is 14.4. The Morgan fingerprint density at radius 1 is 0.974 bits per heavy atom. The molecule has 1 heterocycles. The standard InChI is InChI=1S/C29H19Br2NO5S/c1-36-24-14-18(15-25-27(33)32(29(35)38-25)16-17-9-11-20(30)12-10-17)13-23(31)26(24)37-28(34)22-8-4-6-19-5-2-3-7-21(19)22/h2-15H,16H2,1H3/b25-15-. The zero-order chi connectivity index (χ0) is 26.8. The van der Waals surface area contributed by atoms with Gasteiger partial charge in [0.1, 0.15) is 0 Å². The number of esters is 1. The highest BCUT2D eigenvalue weighted by Gasteiger charge is 2.35. The Bertz CT molecular complexity index is 1610. The third-order valence-electron chi connectivity index (χ3n) is 5.88. The van der Waals surface area contributed by atoms with Gasteiger partial charge in [-0.2, -0.15) is 0 Å². The first-order chi connectivity index (χ1) is 18.3. The molecule has 1 fully saturated rings. The number of imide groups is 1. The lowest BCUT2D eigenvalue weighted by molar-refractivity contribution is -0.123. The van der Waals surface area contributed by atoms with Gasteiger partial charge in [0.2, 0.25) is 0 Å². The van der Waals surface area contributed by atoms with E-state index in [1.807, 2.05) is 54.6 Å². The molecule has 9 heteroatoms. The van der Waals surface area contributed by atoms with Gasteiger partial charge in [0.15, 0.2) is 11.5 Å². The van der Waals surface area contributed by atoms with Crippen LogP contribution in [0.5, 0.6) is 11.5 Å². The van der Waals surface area contributed by atoms with Gasteiger partial charge in [-0.3, -0.25) is 14.5 Å². The van der Waals surface area contributed by atoms with Crippen LogP contribution in [-0.2, 0) is 11.3 Å². The van der Waals surface area contributed by atoms with Crippen molar-refractivity contribution >= 4 is 77.6 Å². The van der Waals surface area contributed by atoms with Crippen LogP contribution in [0.25, 0.3) is 16.8 Å². The van der Waals surface area contributed by atoms with E-state index in [4.69, 9.17) is 9.47 Å². The number of carbonyl (C=O) groups excluding carboxylic acids is 3. The topological polar surface area (TPSA) is 72.9 Å². The summed E-state index contributed by atoms with van der Waals surface area (Å²) in [5, 5.41) is 1.37. The number of ether oxygens (including phenoxy) is 2. The Hall–Kier alpha value is -3.40. The molecule has 0 atom stereocenters. The minimum absolute atomic E-state index is 0.186. The average Bonchev–Trinajstić information content (AvgIpc) is 3.17. The monoisotopic (exact) mass is 651 g/mol. The van der Waals surface area contributed by atoms with Gasteiger partial charge < -0.3 is 9.47 Å². The zero-order valence-electron chi connectivity index (χ0n) is 19.9. The van der Waals surface area contributed by atoms with Crippen LogP contribution in [0.1, 0.15) is 21.5 Å². The molecule has 6 nitrogen and oxygen atoms in total. The molecule has 0 aromatic heterocycles. The lowest BCUT2D eigenvalue weighted by Crippen LogP contribution is -2.27. The number of benzene rings is 4. The average molecular weight is 653 g/mol. The fraction of sp³-hybridized carbons (Fsp3) is 0.0690. The molecular formula is C29H19Br2NO5S. The number of rotatable bonds is 6. The van der Waals surface area contributed by atoms with E-state index in [-0.39, 0.29) is 23.4 Å². The molecule has 2 amide bonds. The Balaban J connectivity index is 1.39. The summed E-state index contributed by atoms with van der Waals surface area (Å²) < 4.78 is 12.6. The fourth-order valence-electron chi connectivity index (χ4n) is 4.03. The molecule has 1 aliphatic heterocycles. The predicted octanol–water partition coefficient (Wildman–Crippen LogP) is 7.83. The van der Waals surface area contributed by atoms with Crippen LogP contribution in [-0.4, -0.2) is 29.1 Å². The first kappa shape index (κ1) is 26.2. The third kappa shape index (κ3) is 5.41. The molecule has 4 aromatic carbocycles. The summed E-state index contributed by atoms with van der Waals surface area (Å²) in [4.78, 5) is 40.2. The van der Waals surface area contributed by atoms with Gasteiger partial charge in [-0.05, 0) is 86.0 Å². The summed E-state index contributed by atoms with van der Waals surface area (Å²) in [6.45, 7) is 0.186. The minimum atomic E-state index is -0.525. The molecule has 0 saturated carbocycles. The maximum Gasteiger partial charge on any atom is 0.344 e. The Morgan fingerprint density at radius 2 is 1.71 bits per heavy atom. The molecule has 0 bridgehead atoms. The molecule has 5 rings (SSSR count). The van der Waals surface area contributed by atoms with E-state index in [0.29, 0.717) is 26.3 Å². The maximum atomic E-state index is 13.1. The van der Waals surface area contributed by atoms with Gasteiger partial charge in [0.05, 0.1) is 28.6 Å². The Labute approximate surface area is 239 Å². The maximum absolute atomic E-state index is 13.1. The first-order valence-electron chi connectivity index (χ1n) is 11.4. The number of amides is 2. The van der Waals surface area contributed by atoms with Crippen LogP contribution in [0.4, 0.5) is 4.79 Å². The second-order valence-corrected chi connectivity index (χ2v) is 11.1. The second kappa shape index (κ2) is 11.1. The largest absolute Gasteiger partial charge is 0.493 e. The van der Waals surface area contributed by atoms with Crippen molar-refractivity contribution in [1.29, 1.82) is 0 Å². The number of carbonyl (C=O) groups is 3. The van der Waals surface area contributed by atoms with Crippen molar-refractivity contribution in [2.24, 2.45) is 0 Å². The fourth-order valence-corrected chi connectivity index (χ4v) is 5.68. The van der Waals surface area contributed by atoms with E-state index in [9.17, 15) is 14.4 Å². The van der Waals surface area contributed by atoms with Crippen molar-refractivity contribution < 1.29 is 23.9 Å². The molecule has 0 unspecified atom stereocenters. The second-order valence-electron chi connectivity index (χ2n) is 8.34. The molecule has 4 aromatic rings. The summed E-state index contributed by atoms with van der Waals surface area (Å²) in [6.07, 6.45) is 1.62. The predicted molar refractivity (Wildman–Crippen MR) is 155 cm³/mol. The SMILES string of the molecule is COc1cc(/C=C2\SC(=O)N(Cc3ccc(Br)cc3)C2=O)cc(Br)c1OC(=O)c1cccc2ccccc12. The van der Waals surface area contributed by atoms with Crippen molar-refractivity contribution in [3.63, 3.8) is 0 Å². The van der Waals surface area contributed by atoms with E-state index in [0.717, 1.165) is 32.6 Å². The quantitative estimate of drug-likeness (QED) is 0.120. The summed E-state index contributed by atoms with van der Waals surface area (Å²) in [5.74, 6) is -0.383. The number of halogens is 2. The molecule has 0 spiro atoms. The highest BCUT2D eigenvalue weighted by Crippen LogP contribution is 2.40. The van der Waals surface area contributed by atoms with Gasteiger partial charge in [0.25, 0.3) is 11.1 Å². The summed E-state index contributed by atoms with van der Waals surface area (Å²) in [5.41, 5.74) is 1.88. The van der Waals surface area contributed by atoms with Gasteiger partial charge in [-0.25, -0.2) is 4.79 Å². The highest BCUT2D eigenvalue weighted by atomic mass is 79.9. The Morgan fingerprint density at radius 3 is 2.47 bits per heavy atom. The van der Waals surface area contributed by atoms with Gasteiger partial charge in [-0.1, -0.05) is 64.5 Å². The van der Waals surface area contributed by atoms with Gasteiger partial charge in [-0.15, -0.1) is 0 Å². The number of hydrogen-bond acceptors (Lipinski definition) is 6. The third-order valence-corrected chi connectivity index (χ3v) is 7.91. The van der Waals surface area contributed by atoms with Crippen LogP contribution in [0.2, 0.25) is 0 Å². The first-order valence-corrected chi connectivity index (χ1v) is 13.8. The van der Waals surface area contributed by atoms with Crippen molar-refractivity contribution in [2.75, 3.05) is 7.11 Å². The molecule has 0 radical (unpaired) electrons. The van der Waals surface area contributed by atoms with E-state index in [2.05, 4.69) is 31.9 Å². The lowest BCUT2D eigenvalue weighted by Gasteiger charge is -2.14. The summed E-state index contributed by atoms with van der Waals surface area (Å²) in [7, 11) is 1.47. The van der Waals surface area contributed by atoms with E-state index in [1.54, 1.807) is 30.3 Å². The van der Waals surface area contributed by atoms with Crippen LogP contribution in [0.3, 0.4) is 0 Å². The van der Waals surface area contributed by atoms with E-state index < -0.39 is 5.97 Å². The van der Waals surface area contributed by atoms with E-state index >= 15 is 0 Å². The number of thioether (sulfide) groups is 1. The Kier molecular flexibility index (Phi) is 7.69. The van der Waals surface area contributed by atoms with Crippen LogP contribution in [0, 0.1) is 0 Å². The summed E-state index contributed by atoms with van der Waals surface area (Å²) >= 11 is 7.73. The van der Waals surface area contributed by atoms with Crippen LogP contribution in [0.15, 0.2) is 92.7 Å². The van der Waals surface area contributed by atoms with Crippen LogP contribution >= 0.6 is 43.6 Å². The van der Waals surface area contributed by atoms with Crippen molar-refractivity contribution in [3.05, 3.63) is 109 Å². The highest BCUT2D eigenvalue weighted by molar-refractivity contribution is 9.10. The smallest absolute Gasteiger partial charge is 0.344 e. The molecule has 0 aliphatic carbocycles. The number of hydrogen-bond donors (Lipinski definition) is 0. The molecule has 190 valence electrons. The molecular weight excluding hydrogens is 634 g/mol. The minimum Gasteiger partial charge on any atom is -0.493 e. The van der Waals surface area contributed by atoms with Crippen molar-refractivity contribution in [2.45, 2.75) is 6.54 Å². The molecule has 1 saturated heterocycles.